The van der Waals surface area contributed by atoms with Crippen molar-refractivity contribution in [1.29, 1.82) is 0 Å². The molecule has 0 aliphatic carbocycles. The summed E-state index contributed by atoms with van der Waals surface area (Å²) in [4.78, 5) is 17.2. The largest absolute Gasteiger partial charge is 0.465 e. The second kappa shape index (κ2) is 7.55. The Labute approximate surface area is 168 Å². The fourth-order valence-corrected chi connectivity index (χ4v) is 5.33. The van der Waals surface area contributed by atoms with E-state index in [1.807, 2.05) is 0 Å². The van der Waals surface area contributed by atoms with Gasteiger partial charge in [-0.15, -0.1) is 0 Å². The van der Waals surface area contributed by atoms with Crippen LogP contribution in [0.3, 0.4) is 0 Å². The molecule has 2 unspecified atom stereocenters. The maximum absolute atomic E-state index is 12.5. The molecule has 0 bridgehead atoms. The molecule has 1 saturated heterocycles. The number of anilines is 2. The average molecular weight is 426 g/mol. The van der Waals surface area contributed by atoms with Gasteiger partial charge in [-0.2, -0.15) is 4.37 Å². The molecule has 0 radical (unpaired) electrons. The molecule has 152 valence electrons. The van der Waals surface area contributed by atoms with Gasteiger partial charge in [0.15, 0.2) is 0 Å². The number of amides is 1. The highest BCUT2D eigenvalue weighted by Gasteiger charge is 2.42. The van der Waals surface area contributed by atoms with Crippen molar-refractivity contribution < 1.29 is 18.3 Å². The summed E-state index contributed by atoms with van der Waals surface area (Å²) in [6, 6.07) is 6.32. The van der Waals surface area contributed by atoms with Crippen LogP contribution in [0.4, 0.5) is 15.6 Å². The van der Waals surface area contributed by atoms with Crippen molar-refractivity contribution in [2.24, 2.45) is 5.41 Å². The van der Waals surface area contributed by atoms with Gasteiger partial charge in [0, 0.05) is 23.8 Å². The minimum atomic E-state index is -3.74. The molecule has 1 aliphatic heterocycles. The van der Waals surface area contributed by atoms with Gasteiger partial charge in [0.25, 0.3) is 10.0 Å². The summed E-state index contributed by atoms with van der Waals surface area (Å²) in [6.45, 7) is 6.88. The first-order chi connectivity index (χ1) is 13.1. The van der Waals surface area contributed by atoms with Crippen LogP contribution in [0.5, 0.6) is 0 Å². The summed E-state index contributed by atoms with van der Waals surface area (Å²) in [5.74, 6) is 0. The van der Waals surface area contributed by atoms with Gasteiger partial charge in [-0.1, -0.05) is 20.8 Å². The van der Waals surface area contributed by atoms with Gasteiger partial charge in [0.2, 0.25) is 5.13 Å². The minimum Gasteiger partial charge on any atom is -0.465 e. The van der Waals surface area contributed by atoms with Crippen LogP contribution in [-0.4, -0.2) is 47.6 Å². The van der Waals surface area contributed by atoms with Gasteiger partial charge in [-0.3, -0.25) is 4.72 Å². The smallest absolute Gasteiger partial charge is 0.404 e. The molecule has 1 fully saturated rings. The van der Waals surface area contributed by atoms with Crippen molar-refractivity contribution in [3.05, 3.63) is 30.6 Å². The van der Waals surface area contributed by atoms with Gasteiger partial charge in [-0.25, -0.2) is 18.2 Å². The van der Waals surface area contributed by atoms with E-state index in [0.717, 1.165) is 17.2 Å². The Morgan fingerprint density at radius 2 is 1.96 bits per heavy atom. The fraction of sp³-hybridized carbons (Fsp3) is 0.471. The summed E-state index contributed by atoms with van der Waals surface area (Å²) in [7, 11) is -3.74. The first-order valence-corrected chi connectivity index (χ1v) is 11.0. The van der Waals surface area contributed by atoms with E-state index in [0.29, 0.717) is 13.0 Å². The second-order valence-corrected chi connectivity index (χ2v) is 10.2. The minimum absolute atomic E-state index is 0.0504. The lowest BCUT2D eigenvalue weighted by atomic mass is 9.82. The van der Waals surface area contributed by atoms with Crippen LogP contribution in [0.1, 0.15) is 27.2 Å². The summed E-state index contributed by atoms with van der Waals surface area (Å²) >= 11 is 0.962. The van der Waals surface area contributed by atoms with E-state index < -0.39 is 16.1 Å². The van der Waals surface area contributed by atoms with E-state index in [1.54, 1.807) is 12.1 Å². The molecule has 0 spiro atoms. The highest BCUT2D eigenvalue weighted by atomic mass is 32.2. The third-order valence-electron chi connectivity index (χ3n) is 4.66. The molecule has 1 aromatic carbocycles. The molecule has 1 aliphatic rings. The highest BCUT2D eigenvalue weighted by Crippen LogP contribution is 2.36. The Balaban J connectivity index is 1.83. The average Bonchev–Trinajstić information content (AvgIpc) is 3.23. The quantitative estimate of drug-likeness (QED) is 0.672. The zero-order chi connectivity index (χ0) is 20.5. The Morgan fingerprint density at radius 3 is 2.50 bits per heavy atom. The number of nitrogens with one attached hydrogen (secondary N) is 2. The number of hydrogen-bond donors (Lipinski definition) is 3. The number of sulfonamides is 1. The van der Waals surface area contributed by atoms with Crippen LogP contribution in [0, 0.1) is 5.41 Å². The summed E-state index contributed by atoms with van der Waals surface area (Å²) in [5.41, 5.74) is 0.679. The van der Waals surface area contributed by atoms with Crippen molar-refractivity contribution in [3.63, 3.8) is 0 Å². The van der Waals surface area contributed by atoms with Gasteiger partial charge in [-0.05, 0) is 36.1 Å². The predicted octanol–water partition coefficient (Wildman–Crippen LogP) is 2.60. The van der Waals surface area contributed by atoms with Crippen LogP contribution in [0.25, 0.3) is 0 Å². The van der Waals surface area contributed by atoms with Crippen molar-refractivity contribution in [3.8, 4) is 0 Å². The molecular formula is C17H23N5O4S2. The van der Waals surface area contributed by atoms with Crippen LogP contribution in [0.2, 0.25) is 0 Å². The predicted molar refractivity (Wildman–Crippen MR) is 107 cm³/mol. The molecular weight excluding hydrogens is 402 g/mol. The molecule has 1 aromatic heterocycles. The number of benzene rings is 1. The number of carbonyl (C=O) groups is 1. The molecule has 28 heavy (non-hydrogen) atoms. The first kappa shape index (κ1) is 20.3. The Morgan fingerprint density at radius 1 is 1.29 bits per heavy atom. The van der Waals surface area contributed by atoms with Crippen LogP contribution >= 0.6 is 11.5 Å². The molecule has 2 heterocycles. The lowest BCUT2D eigenvalue weighted by molar-refractivity contribution is 0.182. The second-order valence-electron chi connectivity index (χ2n) is 7.69. The molecule has 1 amide bonds. The number of hydrogen-bond acceptors (Lipinski definition) is 7. The van der Waals surface area contributed by atoms with E-state index in [2.05, 4.69) is 45.1 Å². The Kier molecular flexibility index (Phi) is 5.48. The molecule has 3 N–H and O–H groups in total. The molecule has 0 saturated carbocycles. The number of carboxylic acid groups (broad SMARTS) is 1. The van der Waals surface area contributed by atoms with Crippen molar-refractivity contribution in [2.45, 2.75) is 44.2 Å². The summed E-state index contributed by atoms with van der Waals surface area (Å²) in [5, 5.41) is 12.0. The van der Waals surface area contributed by atoms with Crippen molar-refractivity contribution in [2.75, 3.05) is 16.2 Å². The number of nitrogens with zero attached hydrogens (tertiary/aromatic N) is 3. The van der Waals surface area contributed by atoms with Gasteiger partial charge < -0.3 is 15.3 Å². The Bertz CT molecular complexity index is 923. The van der Waals surface area contributed by atoms with Gasteiger partial charge >= 0.3 is 6.09 Å². The standard InChI is InChI=1S/C17H23N5O4S2/c1-17(2,3)14-13(20-16(23)24)8-9-22(14)11-4-6-12(7-5-11)28(25,26)21-15-18-10-19-27-15/h4-7,10,13-14,20H,8-9H2,1-3H3,(H,23,24)(H,18,19,21). The normalized spacial score (nSPS) is 20.2. The molecule has 3 rings (SSSR count). The van der Waals surface area contributed by atoms with Crippen molar-refractivity contribution >= 4 is 38.5 Å². The first-order valence-electron chi connectivity index (χ1n) is 8.73. The van der Waals surface area contributed by atoms with E-state index in [1.165, 1.54) is 18.5 Å². The summed E-state index contributed by atoms with van der Waals surface area (Å²) < 4.78 is 31.1. The SMILES string of the molecule is CC(C)(C)C1C(NC(=O)O)CCN1c1ccc(S(=O)(=O)Nc2ncns2)cc1. The van der Waals surface area contributed by atoms with Gasteiger partial charge in [0.1, 0.15) is 6.33 Å². The zero-order valence-electron chi connectivity index (χ0n) is 15.8. The monoisotopic (exact) mass is 425 g/mol. The van der Waals surface area contributed by atoms with Crippen LogP contribution in [0.15, 0.2) is 35.5 Å². The molecule has 9 nitrogen and oxygen atoms in total. The fourth-order valence-electron chi connectivity index (χ4n) is 3.67. The Hall–Kier alpha value is -2.40. The lowest BCUT2D eigenvalue weighted by Crippen LogP contribution is -2.51. The molecule has 2 aromatic rings. The van der Waals surface area contributed by atoms with E-state index in [9.17, 15) is 13.2 Å². The van der Waals surface area contributed by atoms with E-state index in [-0.39, 0.29) is 27.5 Å². The van der Waals surface area contributed by atoms with Crippen LogP contribution in [-0.2, 0) is 10.0 Å². The third kappa shape index (κ3) is 4.36. The van der Waals surface area contributed by atoms with Crippen LogP contribution < -0.4 is 14.9 Å². The topological polar surface area (TPSA) is 125 Å². The molecule has 2 atom stereocenters. The maximum Gasteiger partial charge on any atom is 0.404 e. The maximum atomic E-state index is 12.5. The lowest BCUT2D eigenvalue weighted by Gasteiger charge is -2.39. The van der Waals surface area contributed by atoms with E-state index in [4.69, 9.17) is 5.11 Å². The zero-order valence-corrected chi connectivity index (χ0v) is 17.4. The van der Waals surface area contributed by atoms with E-state index >= 15 is 0 Å². The highest BCUT2D eigenvalue weighted by molar-refractivity contribution is 7.93. The van der Waals surface area contributed by atoms with Gasteiger partial charge in [0.05, 0.1) is 17.0 Å². The number of rotatable bonds is 5. The number of aromatic nitrogens is 2. The summed E-state index contributed by atoms with van der Waals surface area (Å²) in [6.07, 6.45) is 0.936. The van der Waals surface area contributed by atoms with Crippen molar-refractivity contribution in [1.82, 2.24) is 14.7 Å². The molecule has 11 heteroatoms. The third-order valence-corrected chi connectivity index (χ3v) is 6.72.